The van der Waals surface area contributed by atoms with Crippen LogP contribution in [0.3, 0.4) is 0 Å². The Morgan fingerprint density at radius 1 is 0.543 bits per heavy atom. The van der Waals surface area contributed by atoms with E-state index in [1.807, 2.05) is 49.4 Å². The monoisotopic (exact) mass is 453 g/mol. The fourth-order valence-corrected chi connectivity index (χ4v) is 4.21. The van der Waals surface area contributed by atoms with Crippen LogP contribution in [0.5, 0.6) is 0 Å². The third kappa shape index (κ3) is 4.22. The highest BCUT2D eigenvalue weighted by molar-refractivity contribution is 5.81. The molecule has 4 nitrogen and oxygen atoms in total. The normalized spacial score (nSPS) is 11.1. The molecule has 168 valence electrons. The Labute approximate surface area is 204 Å². The second-order valence-electron chi connectivity index (χ2n) is 8.42. The number of fused-ring (bicyclic) bond motifs is 1. The second-order valence-corrected chi connectivity index (χ2v) is 8.42. The van der Waals surface area contributed by atoms with Crippen molar-refractivity contribution in [2.45, 2.75) is 13.3 Å². The highest BCUT2D eigenvalue weighted by atomic mass is 16.3. The molecule has 0 unspecified atom stereocenters. The van der Waals surface area contributed by atoms with Crippen LogP contribution in [0, 0.1) is 0 Å². The Morgan fingerprint density at radius 2 is 1.11 bits per heavy atom. The second kappa shape index (κ2) is 8.99. The van der Waals surface area contributed by atoms with Crippen LogP contribution in [-0.4, -0.2) is 15.0 Å². The van der Waals surface area contributed by atoms with E-state index in [9.17, 15) is 0 Å². The van der Waals surface area contributed by atoms with Crippen molar-refractivity contribution in [3.8, 4) is 45.0 Å². The van der Waals surface area contributed by atoms with Crippen LogP contribution in [0.4, 0.5) is 0 Å². The molecule has 0 saturated heterocycles. The lowest BCUT2D eigenvalue weighted by Crippen LogP contribution is -1.95. The van der Waals surface area contributed by atoms with Gasteiger partial charge in [0.15, 0.2) is 17.3 Å². The zero-order chi connectivity index (χ0) is 23.6. The summed E-state index contributed by atoms with van der Waals surface area (Å²) >= 11 is 0. The van der Waals surface area contributed by atoms with Crippen molar-refractivity contribution in [1.82, 2.24) is 15.0 Å². The molecule has 35 heavy (non-hydrogen) atoms. The quantitative estimate of drug-likeness (QED) is 0.267. The Morgan fingerprint density at radius 3 is 1.71 bits per heavy atom. The van der Waals surface area contributed by atoms with E-state index in [-0.39, 0.29) is 0 Å². The molecule has 0 saturated carbocycles. The van der Waals surface area contributed by atoms with E-state index in [2.05, 4.69) is 71.7 Å². The standard InChI is InChI=1S/C31H23N3O/c1-2-30-32-28-19-25(17-18-29(28)35-30)21-13-15-24(16-14-21)31-33-26(22-9-5-3-6-10-22)20-27(34-31)23-11-7-4-8-12-23/h3-20H,2H2,1H3. The molecule has 0 fully saturated rings. The fourth-order valence-electron chi connectivity index (χ4n) is 4.21. The number of rotatable bonds is 5. The van der Waals surface area contributed by atoms with Crippen molar-refractivity contribution in [2.75, 3.05) is 0 Å². The minimum atomic E-state index is 0.705. The van der Waals surface area contributed by atoms with Gasteiger partial charge in [-0.3, -0.25) is 0 Å². The summed E-state index contributed by atoms with van der Waals surface area (Å²) in [5, 5.41) is 0. The maximum atomic E-state index is 5.75. The van der Waals surface area contributed by atoms with Gasteiger partial charge in [-0.05, 0) is 29.3 Å². The summed E-state index contributed by atoms with van der Waals surface area (Å²) in [5.74, 6) is 1.47. The first kappa shape index (κ1) is 21.0. The number of benzene rings is 4. The third-order valence-corrected chi connectivity index (χ3v) is 6.08. The van der Waals surface area contributed by atoms with Crippen molar-refractivity contribution in [2.24, 2.45) is 0 Å². The van der Waals surface area contributed by atoms with E-state index in [1.54, 1.807) is 0 Å². The van der Waals surface area contributed by atoms with Gasteiger partial charge in [0, 0.05) is 23.1 Å². The molecule has 0 N–H and O–H groups in total. The molecular weight excluding hydrogens is 430 g/mol. The summed E-state index contributed by atoms with van der Waals surface area (Å²) in [6.07, 6.45) is 0.783. The van der Waals surface area contributed by atoms with Gasteiger partial charge in [0.25, 0.3) is 0 Å². The molecule has 2 aromatic heterocycles. The molecule has 0 atom stereocenters. The number of aromatic nitrogens is 3. The van der Waals surface area contributed by atoms with Crippen LogP contribution >= 0.6 is 0 Å². The Bertz CT molecular complexity index is 1550. The fraction of sp³-hybridized carbons (Fsp3) is 0.0645. The molecule has 0 aliphatic carbocycles. The number of nitrogens with zero attached hydrogens (tertiary/aromatic N) is 3. The molecule has 0 spiro atoms. The molecule has 0 bridgehead atoms. The van der Waals surface area contributed by atoms with E-state index >= 15 is 0 Å². The van der Waals surface area contributed by atoms with Crippen LogP contribution < -0.4 is 0 Å². The minimum Gasteiger partial charge on any atom is -0.441 e. The van der Waals surface area contributed by atoms with Crippen molar-refractivity contribution in [3.05, 3.63) is 115 Å². The summed E-state index contributed by atoms with van der Waals surface area (Å²) in [6.45, 7) is 2.04. The van der Waals surface area contributed by atoms with E-state index in [1.165, 1.54) is 0 Å². The first-order valence-corrected chi connectivity index (χ1v) is 11.8. The van der Waals surface area contributed by atoms with Crippen molar-refractivity contribution >= 4 is 11.1 Å². The summed E-state index contributed by atoms with van der Waals surface area (Å²) in [6, 6.07) is 37.0. The van der Waals surface area contributed by atoms with Gasteiger partial charge in [-0.25, -0.2) is 15.0 Å². The van der Waals surface area contributed by atoms with Gasteiger partial charge in [-0.1, -0.05) is 97.9 Å². The van der Waals surface area contributed by atoms with Crippen molar-refractivity contribution in [1.29, 1.82) is 0 Å². The van der Waals surface area contributed by atoms with Gasteiger partial charge >= 0.3 is 0 Å². The predicted molar refractivity (Wildman–Crippen MR) is 141 cm³/mol. The van der Waals surface area contributed by atoms with Crippen LogP contribution in [0.1, 0.15) is 12.8 Å². The summed E-state index contributed by atoms with van der Waals surface area (Å²) < 4.78 is 5.75. The van der Waals surface area contributed by atoms with Crippen LogP contribution in [0.2, 0.25) is 0 Å². The number of oxazole rings is 1. The van der Waals surface area contributed by atoms with Crippen molar-refractivity contribution in [3.63, 3.8) is 0 Å². The van der Waals surface area contributed by atoms with E-state index in [4.69, 9.17) is 14.4 Å². The van der Waals surface area contributed by atoms with Gasteiger partial charge < -0.3 is 4.42 Å². The van der Waals surface area contributed by atoms with Gasteiger partial charge in [-0.2, -0.15) is 0 Å². The van der Waals surface area contributed by atoms with Gasteiger partial charge in [0.1, 0.15) is 5.52 Å². The smallest absolute Gasteiger partial charge is 0.195 e. The lowest BCUT2D eigenvalue weighted by atomic mass is 10.0. The van der Waals surface area contributed by atoms with Gasteiger partial charge in [0.2, 0.25) is 0 Å². The average Bonchev–Trinajstić information content (AvgIpc) is 3.37. The molecule has 4 heteroatoms. The maximum Gasteiger partial charge on any atom is 0.195 e. The van der Waals surface area contributed by atoms with Gasteiger partial charge in [-0.15, -0.1) is 0 Å². The van der Waals surface area contributed by atoms with E-state index in [0.717, 1.165) is 62.6 Å². The van der Waals surface area contributed by atoms with Crippen LogP contribution in [0.25, 0.3) is 56.1 Å². The first-order chi connectivity index (χ1) is 17.3. The molecular formula is C31H23N3O. The largest absolute Gasteiger partial charge is 0.441 e. The predicted octanol–water partition coefficient (Wildman–Crippen LogP) is 7.85. The Hall–Kier alpha value is -4.57. The molecule has 0 radical (unpaired) electrons. The van der Waals surface area contributed by atoms with E-state index < -0.39 is 0 Å². The molecule has 4 aromatic carbocycles. The first-order valence-electron chi connectivity index (χ1n) is 11.8. The molecule has 2 heterocycles. The number of hydrogen-bond acceptors (Lipinski definition) is 4. The molecule has 0 amide bonds. The third-order valence-electron chi connectivity index (χ3n) is 6.08. The van der Waals surface area contributed by atoms with Crippen LogP contribution in [0.15, 0.2) is 114 Å². The maximum absolute atomic E-state index is 5.75. The molecule has 6 aromatic rings. The SMILES string of the molecule is CCc1nc2cc(-c3ccc(-c4nc(-c5ccccc5)cc(-c5ccccc5)n4)cc3)ccc2o1. The number of aryl methyl sites for hydroxylation is 1. The van der Waals surface area contributed by atoms with E-state index in [0.29, 0.717) is 5.82 Å². The summed E-state index contributed by atoms with van der Waals surface area (Å²) in [5.41, 5.74) is 8.83. The topological polar surface area (TPSA) is 51.8 Å². The van der Waals surface area contributed by atoms with Crippen molar-refractivity contribution < 1.29 is 4.42 Å². The summed E-state index contributed by atoms with van der Waals surface area (Å²) in [7, 11) is 0. The molecule has 0 aliphatic heterocycles. The zero-order valence-corrected chi connectivity index (χ0v) is 19.3. The highest BCUT2D eigenvalue weighted by Crippen LogP contribution is 2.30. The Balaban J connectivity index is 1.40. The lowest BCUT2D eigenvalue weighted by Gasteiger charge is -2.10. The minimum absolute atomic E-state index is 0.705. The lowest BCUT2D eigenvalue weighted by molar-refractivity contribution is 0.538. The zero-order valence-electron chi connectivity index (χ0n) is 19.3. The average molecular weight is 454 g/mol. The van der Waals surface area contributed by atoms with Gasteiger partial charge in [0.05, 0.1) is 11.4 Å². The molecule has 6 rings (SSSR count). The summed E-state index contributed by atoms with van der Waals surface area (Å²) in [4.78, 5) is 14.4. The van der Waals surface area contributed by atoms with Crippen LogP contribution in [-0.2, 0) is 6.42 Å². The number of hydrogen-bond donors (Lipinski definition) is 0. The molecule has 0 aliphatic rings. The Kier molecular flexibility index (Phi) is 5.39. The highest BCUT2D eigenvalue weighted by Gasteiger charge is 2.11.